The molecule has 18 heavy (non-hydrogen) atoms. The maximum Gasteiger partial charge on any atom is 0.426 e. The van der Waals surface area contributed by atoms with Gasteiger partial charge in [0.25, 0.3) is 0 Å². The highest BCUT2D eigenvalue weighted by Gasteiger charge is 2.45. The van der Waals surface area contributed by atoms with E-state index in [0.29, 0.717) is 0 Å². The van der Waals surface area contributed by atoms with Crippen LogP contribution in [-0.2, 0) is 19.6 Å². The lowest BCUT2D eigenvalue weighted by molar-refractivity contribution is -0.220. The number of carbonyl (C=O) groups is 1. The molecule has 0 aliphatic carbocycles. The molecule has 0 saturated heterocycles. The van der Waals surface area contributed by atoms with Crippen LogP contribution in [0, 0.1) is 5.41 Å². The summed E-state index contributed by atoms with van der Waals surface area (Å²) in [6, 6.07) is 0. The van der Waals surface area contributed by atoms with Gasteiger partial charge in [0.2, 0.25) is 6.10 Å². The predicted octanol–water partition coefficient (Wildman–Crippen LogP) is 1.44. The van der Waals surface area contributed by atoms with Crippen LogP contribution in [0.15, 0.2) is 0 Å². The molecule has 0 fully saturated rings. The Labute approximate surface area is 103 Å². The second-order valence-corrected chi connectivity index (χ2v) is 5.85. The topological polar surface area (TPSA) is 83.5 Å². The average Bonchev–Trinajstić information content (AvgIpc) is 2.13. The van der Waals surface area contributed by atoms with E-state index >= 15 is 0 Å². The summed E-state index contributed by atoms with van der Waals surface area (Å²) >= 11 is 0. The fourth-order valence-electron chi connectivity index (χ4n) is 0.814. The SMILES string of the molecule is CCC(C)(C)C(=O)OC(CS(=O)(=O)[O-])C(F)(F)F. The normalized spacial score (nSPS) is 15.3. The Hall–Kier alpha value is -0.830. The average molecular weight is 291 g/mol. The summed E-state index contributed by atoms with van der Waals surface area (Å²) in [6.07, 6.45) is -7.82. The minimum atomic E-state index is -5.15. The van der Waals surface area contributed by atoms with Gasteiger partial charge in [-0.3, -0.25) is 4.79 Å². The first-order chi connectivity index (χ1) is 7.79. The summed E-state index contributed by atoms with van der Waals surface area (Å²) in [4.78, 5) is 11.4. The molecule has 1 unspecified atom stereocenters. The van der Waals surface area contributed by atoms with Gasteiger partial charge in [0.15, 0.2) is 0 Å². The molecule has 0 heterocycles. The van der Waals surface area contributed by atoms with Gasteiger partial charge >= 0.3 is 12.1 Å². The van der Waals surface area contributed by atoms with Crippen molar-refractivity contribution in [3.05, 3.63) is 0 Å². The minimum absolute atomic E-state index is 0.209. The van der Waals surface area contributed by atoms with Gasteiger partial charge < -0.3 is 9.29 Å². The first-order valence-electron chi connectivity index (χ1n) is 5.01. The Balaban J connectivity index is 5.00. The van der Waals surface area contributed by atoms with Gasteiger partial charge in [-0.15, -0.1) is 0 Å². The Morgan fingerprint density at radius 1 is 1.33 bits per heavy atom. The Morgan fingerprint density at radius 2 is 1.78 bits per heavy atom. The maximum absolute atomic E-state index is 12.4. The Kier molecular flexibility index (Phi) is 5.18. The molecular weight excluding hydrogens is 277 g/mol. The van der Waals surface area contributed by atoms with E-state index in [9.17, 15) is 30.9 Å². The zero-order chi connectivity index (χ0) is 14.8. The number of carbonyl (C=O) groups excluding carboxylic acids is 1. The van der Waals surface area contributed by atoms with Crippen molar-refractivity contribution < 1.29 is 35.7 Å². The number of alkyl halides is 3. The van der Waals surface area contributed by atoms with Gasteiger partial charge in [0.1, 0.15) is 0 Å². The molecule has 0 aromatic carbocycles. The Bertz CT molecular complexity index is 399. The van der Waals surface area contributed by atoms with Crippen LogP contribution in [0.2, 0.25) is 0 Å². The van der Waals surface area contributed by atoms with Crippen molar-refractivity contribution in [2.75, 3.05) is 5.75 Å². The summed E-state index contributed by atoms with van der Waals surface area (Å²) in [5.74, 6) is -3.02. The molecule has 0 saturated carbocycles. The highest BCUT2D eigenvalue weighted by molar-refractivity contribution is 7.85. The van der Waals surface area contributed by atoms with Gasteiger partial charge in [-0.1, -0.05) is 6.92 Å². The number of esters is 1. The van der Waals surface area contributed by atoms with E-state index in [0.717, 1.165) is 0 Å². The summed E-state index contributed by atoms with van der Waals surface area (Å²) in [5, 5.41) is 0. The third-order valence-electron chi connectivity index (χ3n) is 2.41. The van der Waals surface area contributed by atoms with Crippen LogP contribution in [0.5, 0.6) is 0 Å². The molecule has 5 nitrogen and oxygen atoms in total. The second-order valence-electron chi connectivity index (χ2n) is 4.40. The molecule has 9 heteroatoms. The van der Waals surface area contributed by atoms with Gasteiger partial charge in [0.05, 0.1) is 21.3 Å². The summed E-state index contributed by atoms with van der Waals surface area (Å²) in [5.41, 5.74) is -1.18. The molecule has 1 atom stereocenters. The van der Waals surface area contributed by atoms with E-state index < -0.39 is 39.5 Å². The molecule has 0 rings (SSSR count). The van der Waals surface area contributed by atoms with Crippen molar-refractivity contribution in [1.82, 2.24) is 0 Å². The van der Waals surface area contributed by atoms with Gasteiger partial charge in [-0.05, 0) is 20.3 Å². The van der Waals surface area contributed by atoms with Crippen molar-refractivity contribution in [2.45, 2.75) is 39.5 Å². The van der Waals surface area contributed by atoms with Crippen LogP contribution in [-0.4, -0.2) is 37.0 Å². The lowest BCUT2D eigenvalue weighted by Gasteiger charge is -2.27. The first kappa shape index (κ1) is 17.2. The molecule has 0 N–H and O–H groups in total. The van der Waals surface area contributed by atoms with Gasteiger partial charge in [0, 0.05) is 0 Å². The molecule has 0 aliphatic heterocycles. The van der Waals surface area contributed by atoms with E-state index in [4.69, 9.17) is 0 Å². The number of rotatable bonds is 5. The minimum Gasteiger partial charge on any atom is -0.748 e. The van der Waals surface area contributed by atoms with Crippen LogP contribution in [0.3, 0.4) is 0 Å². The van der Waals surface area contributed by atoms with E-state index in [1.807, 2.05) is 0 Å². The highest BCUT2D eigenvalue weighted by atomic mass is 32.2. The predicted molar refractivity (Wildman–Crippen MR) is 54.6 cm³/mol. The van der Waals surface area contributed by atoms with E-state index in [-0.39, 0.29) is 6.42 Å². The summed E-state index contributed by atoms with van der Waals surface area (Å²) in [7, 11) is -5.15. The third kappa shape index (κ3) is 5.67. The second kappa shape index (κ2) is 5.43. The van der Waals surface area contributed by atoms with Crippen LogP contribution in [0.25, 0.3) is 0 Å². The van der Waals surface area contributed by atoms with Crippen LogP contribution in [0.1, 0.15) is 27.2 Å². The zero-order valence-corrected chi connectivity index (χ0v) is 10.9. The largest absolute Gasteiger partial charge is 0.748 e. The lowest BCUT2D eigenvalue weighted by atomic mass is 9.90. The molecule has 0 spiro atoms. The van der Waals surface area contributed by atoms with Crippen molar-refractivity contribution in [2.24, 2.45) is 5.41 Å². The van der Waals surface area contributed by atoms with Crippen molar-refractivity contribution in [3.63, 3.8) is 0 Å². The monoisotopic (exact) mass is 291 g/mol. The fourth-order valence-corrected chi connectivity index (χ4v) is 1.44. The molecular formula is C9H14F3O5S-. The fraction of sp³-hybridized carbons (Fsp3) is 0.889. The first-order valence-corrected chi connectivity index (χ1v) is 6.58. The number of hydrogen-bond donors (Lipinski definition) is 0. The number of ether oxygens (including phenoxy) is 1. The third-order valence-corrected chi connectivity index (χ3v) is 3.12. The summed E-state index contributed by atoms with van der Waals surface area (Å²) < 4.78 is 72.4. The smallest absolute Gasteiger partial charge is 0.426 e. The van der Waals surface area contributed by atoms with Crippen molar-refractivity contribution >= 4 is 16.1 Å². The molecule has 0 bridgehead atoms. The van der Waals surface area contributed by atoms with Crippen LogP contribution in [0.4, 0.5) is 13.2 Å². The van der Waals surface area contributed by atoms with Crippen molar-refractivity contribution in [3.8, 4) is 0 Å². The molecule has 0 radical (unpaired) electrons. The molecule has 108 valence electrons. The lowest BCUT2D eigenvalue weighted by Crippen LogP contribution is -2.42. The standard InChI is InChI=1S/C9H15F3O5S/c1-4-8(2,3)7(13)17-6(9(10,11)12)5-18(14,15)16/h6H,4-5H2,1-3H3,(H,14,15,16)/p-1. The quantitative estimate of drug-likeness (QED) is 0.565. The zero-order valence-electron chi connectivity index (χ0n) is 10.1. The van der Waals surface area contributed by atoms with Crippen molar-refractivity contribution in [1.29, 1.82) is 0 Å². The molecule has 0 aromatic heterocycles. The maximum atomic E-state index is 12.4. The number of halogens is 3. The van der Waals surface area contributed by atoms with Gasteiger partial charge in [-0.25, -0.2) is 8.42 Å². The molecule has 0 aliphatic rings. The van der Waals surface area contributed by atoms with E-state index in [1.54, 1.807) is 6.92 Å². The Morgan fingerprint density at radius 3 is 2.06 bits per heavy atom. The highest BCUT2D eigenvalue weighted by Crippen LogP contribution is 2.28. The van der Waals surface area contributed by atoms with Crippen LogP contribution >= 0.6 is 0 Å². The number of hydrogen-bond acceptors (Lipinski definition) is 5. The van der Waals surface area contributed by atoms with E-state index in [1.165, 1.54) is 13.8 Å². The summed E-state index contributed by atoms with van der Waals surface area (Å²) in [6.45, 7) is 4.27. The van der Waals surface area contributed by atoms with Crippen LogP contribution < -0.4 is 0 Å². The molecule has 0 aromatic rings. The van der Waals surface area contributed by atoms with Gasteiger partial charge in [-0.2, -0.15) is 13.2 Å². The molecule has 0 amide bonds. The van der Waals surface area contributed by atoms with E-state index in [2.05, 4.69) is 4.74 Å².